The lowest BCUT2D eigenvalue weighted by Crippen LogP contribution is -2.48. The number of sulfonamides is 1. The van der Waals surface area contributed by atoms with Gasteiger partial charge in [0.2, 0.25) is 11.8 Å². The standard InChI is InChI=1S/C23H25Cl2N3O5S/c1-3-19(22(30)26-2)27(14-16-17(24)9-6-10-18(16)25)21(29)12-7-13-28-23(31)15-8-4-5-11-20(15)34(28,32)33/h4-6,8-11,19H,3,7,12-14H2,1-2H3,(H,26,30)/t19-/m1/s1. The molecule has 1 N–H and O–H groups in total. The molecular weight excluding hydrogens is 501 g/mol. The molecule has 0 fully saturated rings. The Balaban J connectivity index is 1.77. The van der Waals surface area contributed by atoms with Crippen molar-refractivity contribution in [3.05, 3.63) is 63.6 Å². The highest BCUT2D eigenvalue weighted by Gasteiger charge is 2.40. The molecule has 8 nitrogen and oxygen atoms in total. The van der Waals surface area contributed by atoms with Crippen LogP contribution in [0.3, 0.4) is 0 Å². The Labute approximate surface area is 208 Å². The fraction of sp³-hybridized carbons (Fsp3) is 0.348. The van der Waals surface area contributed by atoms with Gasteiger partial charge in [-0.15, -0.1) is 0 Å². The lowest BCUT2D eigenvalue weighted by molar-refractivity contribution is -0.141. The van der Waals surface area contributed by atoms with Crippen LogP contribution >= 0.6 is 23.2 Å². The average Bonchev–Trinajstić information content (AvgIpc) is 3.01. The molecular formula is C23H25Cl2N3O5S. The maximum atomic E-state index is 13.2. The summed E-state index contributed by atoms with van der Waals surface area (Å²) in [5, 5.41) is 3.29. The van der Waals surface area contributed by atoms with Crippen molar-refractivity contribution in [1.29, 1.82) is 0 Å². The van der Waals surface area contributed by atoms with Crippen molar-refractivity contribution in [3.8, 4) is 0 Å². The fourth-order valence-corrected chi connectivity index (χ4v) is 6.03. The number of halogens is 2. The predicted molar refractivity (Wildman–Crippen MR) is 129 cm³/mol. The van der Waals surface area contributed by atoms with E-state index in [-0.39, 0.29) is 48.2 Å². The minimum Gasteiger partial charge on any atom is -0.357 e. The third-order valence-electron chi connectivity index (χ3n) is 5.69. The molecule has 34 heavy (non-hydrogen) atoms. The minimum atomic E-state index is -3.95. The van der Waals surface area contributed by atoms with Gasteiger partial charge in [-0.05, 0) is 37.1 Å². The van der Waals surface area contributed by atoms with Crippen LogP contribution in [0, 0.1) is 0 Å². The number of amides is 3. The van der Waals surface area contributed by atoms with Gasteiger partial charge in [-0.2, -0.15) is 0 Å². The molecule has 2 aromatic carbocycles. The molecule has 0 unspecified atom stereocenters. The van der Waals surface area contributed by atoms with E-state index in [1.807, 2.05) is 0 Å². The van der Waals surface area contributed by atoms with Crippen molar-refractivity contribution in [2.24, 2.45) is 0 Å². The first-order valence-electron chi connectivity index (χ1n) is 10.7. The Morgan fingerprint density at radius 1 is 1.09 bits per heavy atom. The number of carbonyl (C=O) groups is 3. The number of benzene rings is 2. The van der Waals surface area contributed by atoms with Crippen LogP contribution < -0.4 is 5.32 Å². The van der Waals surface area contributed by atoms with E-state index in [4.69, 9.17) is 23.2 Å². The van der Waals surface area contributed by atoms with Gasteiger partial charge in [0.15, 0.2) is 0 Å². The van der Waals surface area contributed by atoms with Gasteiger partial charge in [0.1, 0.15) is 10.9 Å². The number of hydrogen-bond donors (Lipinski definition) is 1. The highest BCUT2D eigenvalue weighted by atomic mass is 35.5. The largest absolute Gasteiger partial charge is 0.357 e. The van der Waals surface area contributed by atoms with E-state index in [1.54, 1.807) is 37.3 Å². The van der Waals surface area contributed by atoms with Crippen LogP contribution in [0.25, 0.3) is 0 Å². The van der Waals surface area contributed by atoms with E-state index < -0.39 is 22.0 Å². The third kappa shape index (κ3) is 5.06. The molecule has 1 aliphatic rings. The molecule has 0 aromatic heterocycles. The van der Waals surface area contributed by atoms with Gasteiger partial charge in [-0.3, -0.25) is 14.4 Å². The number of hydrogen-bond acceptors (Lipinski definition) is 5. The maximum Gasteiger partial charge on any atom is 0.269 e. The second kappa shape index (κ2) is 10.8. The summed E-state index contributed by atoms with van der Waals surface area (Å²) in [4.78, 5) is 39.7. The van der Waals surface area contributed by atoms with Crippen LogP contribution in [-0.4, -0.2) is 55.0 Å². The highest BCUT2D eigenvalue weighted by Crippen LogP contribution is 2.31. The Hall–Kier alpha value is -2.62. The number of rotatable bonds is 9. The molecule has 3 amide bonds. The van der Waals surface area contributed by atoms with Gasteiger partial charge >= 0.3 is 0 Å². The van der Waals surface area contributed by atoms with Crippen LogP contribution in [-0.2, 0) is 26.2 Å². The molecule has 182 valence electrons. The topological polar surface area (TPSA) is 104 Å². The Bertz CT molecular complexity index is 1200. The summed E-state index contributed by atoms with van der Waals surface area (Å²) in [6.07, 6.45) is 0.363. The lowest BCUT2D eigenvalue weighted by atomic mass is 10.1. The second-order valence-electron chi connectivity index (χ2n) is 7.74. The van der Waals surface area contributed by atoms with Crippen LogP contribution in [0.1, 0.15) is 42.1 Å². The molecule has 0 bridgehead atoms. The third-order valence-corrected chi connectivity index (χ3v) is 8.24. The quantitative estimate of drug-likeness (QED) is 0.539. The fourth-order valence-electron chi connectivity index (χ4n) is 3.91. The summed E-state index contributed by atoms with van der Waals surface area (Å²) in [6, 6.07) is 10.2. The number of nitrogens with one attached hydrogen (secondary N) is 1. The van der Waals surface area contributed by atoms with Gasteiger partial charge in [0.05, 0.1) is 5.56 Å². The van der Waals surface area contributed by atoms with E-state index in [0.717, 1.165) is 4.31 Å². The summed E-state index contributed by atoms with van der Waals surface area (Å²) in [7, 11) is -2.47. The van der Waals surface area contributed by atoms with Gasteiger partial charge in [0.25, 0.3) is 15.9 Å². The smallest absolute Gasteiger partial charge is 0.269 e. The molecule has 11 heteroatoms. The lowest BCUT2D eigenvalue weighted by Gasteiger charge is -2.31. The monoisotopic (exact) mass is 525 g/mol. The minimum absolute atomic E-state index is 0.00957. The first kappa shape index (κ1) is 26.0. The molecule has 0 saturated carbocycles. The SMILES string of the molecule is CC[C@H](C(=O)NC)N(Cc1c(Cl)cccc1Cl)C(=O)CCCN1C(=O)c2ccccc2S1(=O)=O. The van der Waals surface area contributed by atoms with Gasteiger partial charge in [0, 0.05) is 42.2 Å². The summed E-state index contributed by atoms with van der Waals surface area (Å²) in [5.41, 5.74) is 0.628. The molecule has 1 heterocycles. The van der Waals surface area contributed by atoms with E-state index in [9.17, 15) is 22.8 Å². The van der Waals surface area contributed by atoms with Gasteiger partial charge < -0.3 is 10.2 Å². The predicted octanol–water partition coefficient (Wildman–Crippen LogP) is 3.47. The number of likely N-dealkylation sites (N-methyl/N-ethyl adjacent to an activating group) is 1. The first-order valence-corrected chi connectivity index (χ1v) is 12.9. The molecule has 1 aliphatic heterocycles. The molecule has 1 atom stereocenters. The van der Waals surface area contributed by atoms with Crippen LogP contribution in [0.5, 0.6) is 0 Å². The maximum absolute atomic E-state index is 13.2. The van der Waals surface area contributed by atoms with E-state index in [1.165, 1.54) is 24.1 Å². The molecule has 0 radical (unpaired) electrons. The number of nitrogens with zero attached hydrogens (tertiary/aromatic N) is 2. The molecule has 2 aromatic rings. The van der Waals surface area contributed by atoms with Gasteiger partial charge in [-0.25, -0.2) is 12.7 Å². The summed E-state index contributed by atoms with van der Waals surface area (Å²) in [6.45, 7) is 1.63. The second-order valence-corrected chi connectivity index (χ2v) is 10.4. The Morgan fingerprint density at radius 3 is 2.32 bits per heavy atom. The van der Waals surface area contributed by atoms with E-state index in [2.05, 4.69) is 5.32 Å². The average molecular weight is 526 g/mol. The molecule has 3 rings (SSSR count). The Kier molecular flexibility index (Phi) is 8.22. The van der Waals surface area contributed by atoms with Crippen molar-refractivity contribution >= 4 is 50.9 Å². The molecule has 0 saturated heterocycles. The normalized spacial score (nSPS) is 15.1. The Morgan fingerprint density at radius 2 is 1.74 bits per heavy atom. The molecule has 0 spiro atoms. The van der Waals surface area contributed by atoms with Crippen molar-refractivity contribution in [2.75, 3.05) is 13.6 Å². The summed E-state index contributed by atoms with van der Waals surface area (Å²) >= 11 is 12.6. The zero-order chi connectivity index (χ0) is 25.0. The summed E-state index contributed by atoms with van der Waals surface area (Å²) < 4.78 is 26.2. The highest BCUT2D eigenvalue weighted by molar-refractivity contribution is 7.90. The van der Waals surface area contributed by atoms with Crippen LogP contribution in [0.2, 0.25) is 10.0 Å². The number of carbonyl (C=O) groups excluding carboxylic acids is 3. The van der Waals surface area contributed by atoms with Crippen molar-refractivity contribution < 1.29 is 22.8 Å². The van der Waals surface area contributed by atoms with Crippen LogP contribution in [0.4, 0.5) is 0 Å². The van der Waals surface area contributed by atoms with E-state index in [0.29, 0.717) is 22.0 Å². The summed E-state index contributed by atoms with van der Waals surface area (Å²) in [5.74, 6) is -1.33. The first-order chi connectivity index (χ1) is 16.1. The van der Waals surface area contributed by atoms with Crippen molar-refractivity contribution in [3.63, 3.8) is 0 Å². The zero-order valence-corrected chi connectivity index (χ0v) is 21.1. The van der Waals surface area contributed by atoms with Crippen molar-refractivity contribution in [1.82, 2.24) is 14.5 Å². The number of fused-ring (bicyclic) bond motifs is 1. The van der Waals surface area contributed by atoms with Crippen LogP contribution in [0.15, 0.2) is 47.4 Å². The van der Waals surface area contributed by atoms with Crippen molar-refractivity contribution in [2.45, 2.75) is 43.7 Å². The van der Waals surface area contributed by atoms with E-state index >= 15 is 0 Å². The van der Waals surface area contributed by atoms with Gasteiger partial charge in [-0.1, -0.05) is 48.3 Å². The zero-order valence-electron chi connectivity index (χ0n) is 18.8. The molecule has 0 aliphatic carbocycles.